The summed E-state index contributed by atoms with van der Waals surface area (Å²) in [6.07, 6.45) is 2.24. The van der Waals surface area contributed by atoms with E-state index in [9.17, 15) is 0 Å². The molecule has 0 radical (unpaired) electrons. The van der Waals surface area contributed by atoms with E-state index in [1.165, 1.54) is 5.56 Å². The van der Waals surface area contributed by atoms with E-state index >= 15 is 0 Å². The maximum absolute atomic E-state index is 5.93. The number of likely N-dealkylation sites (N-methyl/N-ethyl adjacent to an activating group) is 1. The topological polar surface area (TPSA) is 24.5 Å². The molecule has 0 amide bonds. The molecule has 0 aliphatic carbocycles. The third-order valence-electron chi connectivity index (χ3n) is 3.92. The lowest BCUT2D eigenvalue weighted by atomic mass is 10.0. The molecule has 0 aromatic heterocycles. The van der Waals surface area contributed by atoms with Crippen molar-refractivity contribution in [1.82, 2.24) is 10.2 Å². The van der Waals surface area contributed by atoms with E-state index in [-0.39, 0.29) is 0 Å². The van der Waals surface area contributed by atoms with Crippen LogP contribution in [-0.2, 0) is 4.74 Å². The molecule has 3 nitrogen and oxygen atoms in total. The fourth-order valence-electron chi connectivity index (χ4n) is 2.56. The molecule has 2 rings (SSSR count). The van der Waals surface area contributed by atoms with Crippen molar-refractivity contribution in [3.63, 3.8) is 0 Å². The van der Waals surface area contributed by atoms with Crippen LogP contribution in [0.15, 0.2) is 24.3 Å². The van der Waals surface area contributed by atoms with Gasteiger partial charge in [0.25, 0.3) is 0 Å². The zero-order valence-electron chi connectivity index (χ0n) is 11.7. The van der Waals surface area contributed by atoms with Gasteiger partial charge in [0.2, 0.25) is 0 Å². The van der Waals surface area contributed by atoms with Crippen LogP contribution in [0.5, 0.6) is 0 Å². The van der Waals surface area contributed by atoms with Crippen molar-refractivity contribution in [3.05, 3.63) is 34.9 Å². The van der Waals surface area contributed by atoms with Gasteiger partial charge in [-0.1, -0.05) is 23.7 Å². The summed E-state index contributed by atoms with van der Waals surface area (Å²) in [6.45, 7) is 2.85. The average Bonchev–Trinajstić information content (AvgIpc) is 2.95. The summed E-state index contributed by atoms with van der Waals surface area (Å²) in [5.41, 5.74) is 1.29. The van der Waals surface area contributed by atoms with E-state index in [1.807, 2.05) is 19.2 Å². The Morgan fingerprint density at radius 3 is 2.74 bits per heavy atom. The molecule has 1 aliphatic rings. The number of hydrogen-bond donors (Lipinski definition) is 1. The van der Waals surface area contributed by atoms with E-state index in [4.69, 9.17) is 16.3 Å². The van der Waals surface area contributed by atoms with Crippen LogP contribution in [0.4, 0.5) is 0 Å². The molecule has 1 aliphatic heterocycles. The van der Waals surface area contributed by atoms with Crippen LogP contribution in [0.3, 0.4) is 0 Å². The summed E-state index contributed by atoms with van der Waals surface area (Å²) >= 11 is 5.93. The second-order valence-corrected chi connectivity index (χ2v) is 5.62. The van der Waals surface area contributed by atoms with Crippen LogP contribution in [0.1, 0.15) is 24.4 Å². The molecule has 1 fully saturated rings. The van der Waals surface area contributed by atoms with Gasteiger partial charge in [0.05, 0.1) is 6.61 Å². The molecular formula is C15H23ClN2O. The Bertz CT molecular complexity index is 376. The molecule has 1 aromatic carbocycles. The second kappa shape index (κ2) is 7.25. The predicted molar refractivity (Wildman–Crippen MR) is 79.7 cm³/mol. The molecule has 19 heavy (non-hydrogen) atoms. The zero-order chi connectivity index (χ0) is 13.7. The third kappa shape index (κ3) is 4.18. The van der Waals surface area contributed by atoms with Crippen molar-refractivity contribution in [2.24, 2.45) is 0 Å². The summed E-state index contributed by atoms with van der Waals surface area (Å²) in [4.78, 5) is 2.41. The van der Waals surface area contributed by atoms with Gasteiger partial charge < -0.3 is 15.0 Å². The summed E-state index contributed by atoms with van der Waals surface area (Å²) in [6, 6.07) is 9.07. The van der Waals surface area contributed by atoms with Crippen LogP contribution in [0.25, 0.3) is 0 Å². The predicted octanol–water partition coefficient (Wildman–Crippen LogP) is 2.71. The molecule has 0 spiro atoms. The lowest BCUT2D eigenvalue weighted by Crippen LogP contribution is -2.34. The standard InChI is InChI=1S/C15H23ClN2O/c1-17-15(12-3-5-13(16)6-4-12)7-9-18(2)14-8-10-19-11-14/h3-6,14-15,17H,7-11H2,1-2H3. The number of benzene rings is 1. The van der Waals surface area contributed by atoms with Gasteiger partial charge in [0, 0.05) is 30.3 Å². The number of nitrogens with zero attached hydrogens (tertiary/aromatic N) is 1. The normalized spacial score (nSPS) is 20.9. The molecule has 1 saturated heterocycles. The Hall–Kier alpha value is -0.610. The second-order valence-electron chi connectivity index (χ2n) is 5.18. The smallest absolute Gasteiger partial charge is 0.0622 e. The van der Waals surface area contributed by atoms with E-state index < -0.39 is 0 Å². The van der Waals surface area contributed by atoms with Gasteiger partial charge >= 0.3 is 0 Å². The molecule has 106 valence electrons. The highest BCUT2D eigenvalue weighted by Crippen LogP contribution is 2.20. The van der Waals surface area contributed by atoms with E-state index in [2.05, 4.69) is 29.4 Å². The van der Waals surface area contributed by atoms with Gasteiger partial charge in [0.15, 0.2) is 0 Å². The Balaban J connectivity index is 1.86. The molecular weight excluding hydrogens is 260 g/mol. The van der Waals surface area contributed by atoms with Crippen molar-refractivity contribution in [2.75, 3.05) is 33.9 Å². The average molecular weight is 283 g/mol. The summed E-state index contributed by atoms with van der Waals surface area (Å²) < 4.78 is 5.44. The quantitative estimate of drug-likeness (QED) is 0.868. The van der Waals surface area contributed by atoms with Crippen molar-refractivity contribution in [2.45, 2.75) is 24.9 Å². The van der Waals surface area contributed by atoms with Crippen molar-refractivity contribution < 1.29 is 4.74 Å². The van der Waals surface area contributed by atoms with Gasteiger partial charge in [-0.2, -0.15) is 0 Å². The van der Waals surface area contributed by atoms with Gasteiger partial charge in [-0.05, 0) is 44.6 Å². The van der Waals surface area contributed by atoms with E-state index in [0.717, 1.165) is 37.6 Å². The number of nitrogens with one attached hydrogen (secondary N) is 1. The Labute approximate surface area is 120 Å². The first-order valence-electron chi connectivity index (χ1n) is 6.91. The number of hydrogen-bond acceptors (Lipinski definition) is 3. The molecule has 2 unspecified atom stereocenters. The minimum Gasteiger partial charge on any atom is -0.380 e. The third-order valence-corrected chi connectivity index (χ3v) is 4.17. The number of rotatable bonds is 6. The summed E-state index contributed by atoms with van der Waals surface area (Å²) in [7, 11) is 4.20. The molecule has 2 atom stereocenters. The van der Waals surface area contributed by atoms with Crippen LogP contribution >= 0.6 is 11.6 Å². The molecule has 0 saturated carbocycles. The molecule has 0 bridgehead atoms. The maximum Gasteiger partial charge on any atom is 0.0622 e. The van der Waals surface area contributed by atoms with Crippen LogP contribution in [0, 0.1) is 0 Å². The lowest BCUT2D eigenvalue weighted by molar-refractivity contribution is 0.157. The number of halogens is 1. The van der Waals surface area contributed by atoms with Crippen LogP contribution in [0.2, 0.25) is 5.02 Å². The monoisotopic (exact) mass is 282 g/mol. The largest absolute Gasteiger partial charge is 0.380 e. The summed E-state index contributed by atoms with van der Waals surface area (Å²) in [5, 5.41) is 4.17. The summed E-state index contributed by atoms with van der Waals surface area (Å²) in [5.74, 6) is 0. The van der Waals surface area contributed by atoms with Crippen molar-refractivity contribution in [3.8, 4) is 0 Å². The molecule has 1 N–H and O–H groups in total. The highest BCUT2D eigenvalue weighted by molar-refractivity contribution is 6.30. The van der Waals surface area contributed by atoms with Crippen LogP contribution < -0.4 is 5.32 Å². The molecule has 1 aromatic rings. The first-order valence-corrected chi connectivity index (χ1v) is 7.29. The number of ether oxygens (including phenoxy) is 1. The fourth-order valence-corrected chi connectivity index (χ4v) is 2.68. The SMILES string of the molecule is CNC(CCN(C)C1CCOC1)c1ccc(Cl)cc1. The molecule has 4 heteroatoms. The zero-order valence-corrected chi connectivity index (χ0v) is 12.5. The first kappa shape index (κ1) is 14.8. The van der Waals surface area contributed by atoms with Crippen molar-refractivity contribution >= 4 is 11.6 Å². The maximum atomic E-state index is 5.93. The van der Waals surface area contributed by atoms with Gasteiger partial charge in [-0.15, -0.1) is 0 Å². The Morgan fingerprint density at radius 2 is 2.16 bits per heavy atom. The van der Waals surface area contributed by atoms with Gasteiger partial charge in [0.1, 0.15) is 0 Å². The molecule has 1 heterocycles. The lowest BCUT2D eigenvalue weighted by Gasteiger charge is -2.25. The van der Waals surface area contributed by atoms with Gasteiger partial charge in [-0.3, -0.25) is 0 Å². The minimum atomic E-state index is 0.377. The highest BCUT2D eigenvalue weighted by Gasteiger charge is 2.20. The van der Waals surface area contributed by atoms with Crippen molar-refractivity contribution in [1.29, 1.82) is 0 Å². The van der Waals surface area contributed by atoms with E-state index in [1.54, 1.807) is 0 Å². The fraction of sp³-hybridized carbons (Fsp3) is 0.600. The first-order chi connectivity index (χ1) is 9.20. The Morgan fingerprint density at radius 1 is 1.42 bits per heavy atom. The highest BCUT2D eigenvalue weighted by atomic mass is 35.5. The van der Waals surface area contributed by atoms with Crippen LogP contribution in [-0.4, -0.2) is 44.8 Å². The minimum absolute atomic E-state index is 0.377. The Kier molecular flexibility index (Phi) is 5.64. The van der Waals surface area contributed by atoms with Gasteiger partial charge in [-0.25, -0.2) is 0 Å². The van der Waals surface area contributed by atoms with E-state index in [0.29, 0.717) is 12.1 Å².